The fraction of sp³-hybridized carbons (Fsp3) is 0.333. The van der Waals surface area contributed by atoms with Crippen molar-refractivity contribution in [3.63, 3.8) is 0 Å². The number of rotatable bonds is 3. The molecule has 0 bridgehead atoms. The summed E-state index contributed by atoms with van der Waals surface area (Å²) in [4.78, 5) is 2.48. The average Bonchev–Trinajstić information content (AvgIpc) is 2.49. The predicted molar refractivity (Wildman–Crippen MR) is 81.5 cm³/mol. The molecule has 1 saturated heterocycles. The molecular weight excluding hydrogens is 246 g/mol. The molecule has 2 aromatic rings. The van der Waals surface area contributed by atoms with E-state index in [1.165, 1.54) is 11.1 Å². The standard InChI is InChI=1S/C18H21NO/c1-18(17-10-6-3-7-11-17)15-19(12-13-20-18)14-16-8-4-2-5-9-16/h2-11H,12-15H2,1H3. The molecule has 0 saturated carbocycles. The van der Waals surface area contributed by atoms with Crippen LogP contribution in [-0.2, 0) is 16.9 Å². The minimum Gasteiger partial charge on any atom is -0.368 e. The first-order valence-electron chi connectivity index (χ1n) is 7.22. The van der Waals surface area contributed by atoms with E-state index in [1.807, 2.05) is 0 Å². The number of hydrogen-bond donors (Lipinski definition) is 0. The molecule has 1 aliphatic rings. The predicted octanol–water partition coefficient (Wildman–Crippen LogP) is 3.43. The van der Waals surface area contributed by atoms with E-state index in [4.69, 9.17) is 4.74 Å². The Bertz CT molecular complexity index is 540. The van der Waals surface area contributed by atoms with Crippen LogP contribution in [0.15, 0.2) is 60.7 Å². The zero-order valence-electron chi connectivity index (χ0n) is 12.0. The summed E-state index contributed by atoms with van der Waals surface area (Å²) in [6, 6.07) is 21.2. The van der Waals surface area contributed by atoms with Gasteiger partial charge in [-0.25, -0.2) is 0 Å². The molecule has 0 spiro atoms. The first-order chi connectivity index (χ1) is 9.76. The molecule has 2 heteroatoms. The molecule has 0 aromatic heterocycles. The number of morpholine rings is 1. The Morgan fingerprint density at radius 1 is 1.00 bits per heavy atom. The van der Waals surface area contributed by atoms with Crippen LogP contribution in [0, 0.1) is 0 Å². The Morgan fingerprint density at radius 2 is 1.65 bits per heavy atom. The minimum absolute atomic E-state index is 0.200. The lowest BCUT2D eigenvalue weighted by Crippen LogP contribution is -2.47. The maximum Gasteiger partial charge on any atom is 0.103 e. The van der Waals surface area contributed by atoms with Gasteiger partial charge in [0.1, 0.15) is 5.60 Å². The normalized spacial score (nSPS) is 23.6. The minimum atomic E-state index is -0.200. The highest BCUT2D eigenvalue weighted by atomic mass is 16.5. The lowest BCUT2D eigenvalue weighted by Gasteiger charge is -2.41. The highest BCUT2D eigenvalue weighted by Crippen LogP contribution is 2.29. The van der Waals surface area contributed by atoms with Crippen molar-refractivity contribution < 1.29 is 4.74 Å². The fourth-order valence-corrected chi connectivity index (χ4v) is 2.89. The van der Waals surface area contributed by atoms with Gasteiger partial charge in [0.25, 0.3) is 0 Å². The maximum atomic E-state index is 6.08. The monoisotopic (exact) mass is 267 g/mol. The van der Waals surface area contributed by atoms with Gasteiger partial charge in [-0.15, -0.1) is 0 Å². The van der Waals surface area contributed by atoms with Gasteiger partial charge in [-0.2, -0.15) is 0 Å². The van der Waals surface area contributed by atoms with E-state index in [0.717, 1.165) is 26.2 Å². The smallest absolute Gasteiger partial charge is 0.103 e. The lowest BCUT2D eigenvalue weighted by molar-refractivity contribution is -0.105. The Labute approximate surface area is 121 Å². The van der Waals surface area contributed by atoms with Crippen molar-refractivity contribution in [3.05, 3.63) is 71.8 Å². The molecule has 20 heavy (non-hydrogen) atoms. The van der Waals surface area contributed by atoms with Crippen molar-refractivity contribution in [2.45, 2.75) is 19.1 Å². The van der Waals surface area contributed by atoms with Crippen molar-refractivity contribution in [2.75, 3.05) is 19.7 Å². The summed E-state index contributed by atoms with van der Waals surface area (Å²) in [7, 11) is 0. The van der Waals surface area contributed by atoms with Gasteiger partial charge >= 0.3 is 0 Å². The zero-order valence-corrected chi connectivity index (χ0v) is 12.0. The van der Waals surface area contributed by atoms with E-state index < -0.39 is 0 Å². The second-order valence-electron chi connectivity index (χ2n) is 5.64. The van der Waals surface area contributed by atoms with Gasteiger partial charge in [-0.1, -0.05) is 60.7 Å². The number of ether oxygens (including phenoxy) is 1. The molecule has 1 aliphatic heterocycles. The highest BCUT2D eigenvalue weighted by molar-refractivity contribution is 5.23. The summed E-state index contributed by atoms with van der Waals surface area (Å²) >= 11 is 0. The van der Waals surface area contributed by atoms with E-state index in [0.29, 0.717) is 0 Å². The maximum absolute atomic E-state index is 6.08. The van der Waals surface area contributed by atoms with E-state index in [2.05, 4.69) is 72.5 Å². The Kier molecular flexibility index (Phi) is 3.86. The summed E-state index contributed by atoms with van der Waals surface area (Å²) in [6.07, 6.45) is 0. The lowest BCUT2D eigenvalue weighted by atomic mass is 9.93. The third-order valence-electron chi connectivity index (χ3n) is 3.99. The number of benzene rings is 2. The van der Waals surface area contributed by atoms with Gasteiger partial charge in [0.15, 0.2) is 0 Å². The molecule has 0 N–H and O–H groups in total. The summed E-state index contributed by atoms with van der Waals surface area (Å²) < 4.78 is 6.08. The van der Waals surface area contributed by atoms with Crippen LogP contribution in [0.5, 0.6) is 0 Å². The summed E-state index contributed by atoms with van der Waals surface area (Å²) in [5, 5.41) is 0. The van der Waals surface area contributed by atoms with Crippen LogP contribution >= 0.6 is 0 Å². The summed E-state index contributed by atoms with van der Waals surface area (Å²) in [5.74, 6) is 0. The van der Waals surface area contributed by atoms with Gasteiger partial charge < -0.3 is 4.74 Å². The van der Waals surface area contributed by atoms with Gasteiger partial charge in [0, 0.05) is 19.6 Å². The fourth-order valence-electron chi connectivity index (χ4n) is 2.89. The SMILES string of the molecule is CC1(c2ccccc2)CN(Cc2ccccc2)CCO1. The summed E-state index contributed by atoms with van der Waals surface area (Å²) in [5.41, 5.74) is 2.43. The van der Waals surface area contributed by atoms with Crippen LogP contribution in [0.25, 0.3) is 0 Å². The molecule has 1 atom stereocenters. The van der Waals surface area contributed by atoms with Crippen LogP contribution in [0.1, 0.15) is 18.1 Å². The van der Waals surface area contributed by atoms with E-state index >= 15 is 0 Å². The van der Waals surface area contributed by atoms with Crippen molar-refractivity contribution in [2.24, 2.45) is 0 Å². The molecule has 3 rings (SSSR count). The topological polar surface area (TPSA) is 12.5 Å². The molecule has 2 aromatic carbocycles. The van der Waals surface area contributed by atoms with Crippen LogP contribution in [-0.4, -0.2) is 24.6 Å². The highest BCUT2D eigenvalue weighted by Gasteiger charge is 2.33. The first-order valence-corrected chi connectivity index (χ1v) is 7.22. The van der Waals surface area contributed by atoms with Crippen LogP contribution in [0.3, 0.4) is 0 Å². The Morgan fingerprint density at radius 3 is 2.35 bits per heavy atom. The molecule has 0 amide bonds. The van der Waals surface area contributed by atoms with Gasteiger partial charge in [-0.3, -0.25) is 4.90 Å². The second-order valence-corrected chi connectivity index (χ2v) is 5.64. The molecule has 2 nitrogen and oxygen atoms in total. The third kappa shape index (κ3) is 2.92. The van der Waals surface area contributed by atoms with Crippen LogP contribution in [0.4, 0.5) is 0 Å². The van der Waals surface area contributed by atoms with Crippen molar-refractivity contribution in [3.8, 4) is 0 Å². The van der Waals surface area contributed by atoms with Gasteiger partial charge in [0.2, 0.25) is 0 Å². The van der Waals surface area contributed by atoms with E-state index in [-0.39, 0.29) is 5.60 Å². The first kappa shape index (κ1) is 13.3. The Hall–Kier alpha value is -1.64. The summed E-state index contributed by atoms with van der Waals surface area (Å²) in [6.45, 7) is 5.91. The van der Waals surface area contributed by atoms with Crippen LogP contribution < -0.4 is 0 Å². The van der Waals surface area contributed by atoms with Crippen LogP contribution in [0.2, 0.25) is 0 Å². The average molecular weight is 267 g/mol. The van der Waals surface area contributed by atoms with Gasteiger partial charge in [-0.05, 0) is 18.1 Å². The van der Waals surface area contributed by atoms with Crippen molar-refractivity contribution in [1.82, 2.24) is 4.90 Å². The Balaban J connectivity index is 1.73. The molecule has 0 aliphatic carbocycles. The quantitative estimate of drug-likeness (QED) is 0.844. The molecule has 1 fully saturated rings. The molecular formula is C18H21NO. The number of hydrogen-bond acceptors (Lipinski definition) is 2. The molecule has 104 valence electrons. The number of nitrogens with zero attached hydrogens (tertiary/aromatic N) is 1. The van der Waals surface area contributed by atoms with Crippen molar-refractivity contribution >= 4 is 0 Å². The molecule has 1 heterocycles. The van der Waals surface area contributed by atoms with Crippen molar-refractivity contribution in [1.29, 1.82) is 0 Å². The van der Waals surface area contributed by atoms with E-state index in [9.17, 15) is 0 Å². The van der Waals surface area contributed by atoms with E-state index in [1.54, 1.807) is 0 Å². The molecule has 0 radical (unpaired) electrons. The third-order valence-corrected chi connectivity index (χ3v) is 3.99. The largest absolute Gasteiger partial charge is 0.368 e. The molecule has 1 unspecified atom stereocenters. The van der Waals surface area contributed by atoms with Gasteiger partial charge in [0.05, 0.1) is 6.61 Å². The second kappa shape index (κ2) is 5.78. The zero-order chi connectivity index (χ0) is 13.8.